The number of hydrogen-bond acceptors (Lipinski definition) is 14. The van der Waals surface area contributed by atoms with Crippen LogP contribution in [-0.2, 0) is 44.7 Å². The highest BCUT2D eigenvalue weighted by atomic mass is 32.2. The van der Waals surface area contributed by atoms with Crippen LogP contribution in [0.1, 0.15) is 118 Å². The molecule has 10 nitrogen and oxygen atoms in total. The van der Waals surface area contributed by atoms with E-state index in [0.717, 1.165) is 77.8 Å². The van der Waals surface area contributed by atoms with E-state index in [1.54, 1.807) is 56.8 Å². The molecule has 63 heavy (non-hydrogen) atoms. The molecule has 0 bridgehead atoms. The Hall–Kier alpha value is -3.02. The highest BCUT2D eigenvalue weighted by Gasteiger charge is 2.50. The Kier molecular flexibility index (Phi) is 20.4. The van der Waals surface area contributed by atoms with Gasteiger partial charge in [0.05, 0.1) is 51.8 Å². The lowest BCUT2D eigenvalue weighted by Crippen LogP contribution is -2.37. The van der Waals surface area contributed by atoms with E-state index in [2.05, 4.69) is 13.8 Å². The van der Waals surface area contributed by atoms with E-state index in [-0.39, 0.29) is 34.9 Å². The van der Waals surface area contributed by atoms with Crippen LogP contribution in [0.25, 0.3) is 0 Å². The number of nitrogens with zero attached hydrogens (tertiary/aromatic N) is 2. The first-order chi connectivity index (χ1) is 29.8. The number of ether oxygens (including phenoxy) is 2. The first-order valence-corrected chi connectivity index (χ1v) is 26.0. The maximum Gasteiger partial charge on any atom is 0.316 e. The molecule has 2 aliphatic heterocycles. The molecule has 2 aromatic carbocycles. The highest BCUT2D eigenvalue weighted by molar-refractivity contribution is 8.48. The predicted octanol–water partition coefficient (Wildman–Crippen LogP) is 11.1. The second-order valence-corrected chi connectivity index (χ2v) is 23.8. The van der Waals surface area contributed by atoms with Crippen LogP contribution in [-0.4, -0.2) is 72.6 Å². The summed E-state index contributed by atoms with van der Waals surface area (Å²) in [7, 11) is 0. The molecule has 1 fully saturated rings. The summed E-state index contributed by atoms with van der Waals surface area (Å²) in [6, 6.07) is 14.4. The van der Waals surface area contributed by atoms with Crippen molar-refractivity contribution in [3.63, 3.8) is 0 Å². The Morgan fingerprint density at radius 2 is 1.14 bits per heavy atom. The number of hydrogen-bond donors (Lipinski definition) is 0. The zero-order valence-electron chi connectivity index (χ0n) is 37.6. The van der Waals surface area contributed by atoms with Crippen molar-refractivity contribution >= 4 is 125 Å². The van der Waals surface area contributed by atoms with Crippen molar-refractivity contribution in [1.29, 1.82) is 0 Å². The van der Waals surface area contributed by atoms with Gasteiger partial charge in [-0.3, -0.25) is 28.8 Å². The zero-order valence-corrected chi connectivity index (χ0v) is 42.5. The lowest BCUT2D eigenvalue weighted by Gasteiger charge is -2.24. The third kappa shape index (κ3) is 14.2. The fourth-order valence-electron chi connectivity index (χ4n) is 6.58. The molecule has 0 spiro atoms. The summed E-state index contributed by atoms with van der Waals surface area (Å²) in [4.78, 5) is 83.3. The molecule has 2 atom stereocenters. The number of carbonyl (C=O) groups excluding carboxylic acids is 6. The van der Waals surface area contributed by atoms with Gasteiger partial charge in [-0.25, -0.2) is 9.80 Å². The second-order valence-electron chi connectivity index (χ2n) is 17.1. The maximum atomic E-state index is 14.3. The molecule has 2 aromatic rings. The summed E-state index contributed by atoms with van der Waals surface area (Å²) in [5.41, 5.74) is 0.752. The summed E-state index contributed by atoms with van der Waals surface area (Å²) < 4.78 is 12.2. The monoisotopic (exact) mass is 972 g/mol. The van der Waals surface area contributed by atoms with Crippen molar-refractivity contribution in [3.8, 4) is 0 Å². The maximum absolute atomic E-state index is 14.3. The molecule has 0 aliphatic carbocycles. The molecule has 0 N–H and O–H groups in total. The molecule has 0 aromatic heterocycles. The minimum Gasteiger partial charge on any atom is -0.465 e. The average Bonchev–Trinajstić information content (AvgIpc) is 3.60. The number of esters is 2. The largest absolute Gasteiger partial charge is 0.465 e. The van der Waals surface area contributed by atoms with Crippen molar-refractivity contribution in [3.05, 3.63) is 70.1 Å². The Morgan fingerprint density at radius 3 is 1.65 bits per heavy atom. The number of thioether (sulfide) groups is 4. The van der Waals surface area contributed by atoms with Gasteiger partial charge in [0.1, 0.15) is 12.3 Å². The molecule has 4 amide bonds. The van der Waals surface area contributed by atoms with Crippen molar-refractivity contribution in [1.82, 2.24) is 0 Å². The highest BCUT2D eigenvalue weighted by Crippen LogP contribution is 2.44. The predicted molar refractivity (Wildman–Crippen MR) is 269 cm³/mol. The van der Waals surface area contributed by atoms with Crippen LogP contribution in [0.2, 0.25) is 0 Å². The zero-order chi connectivity index (χ0) is 46.5. The number of benzene rings is 2. The van der Waals surface area contributed by atoms with E-state index < -0.39 is 39.8 Å². The van der Waals surface area contributed by atoms with Gasteiger partial charge >= 0.3 is 11.9 Å². The lowest BCUT2D eigenvalue weighted by atomic mass is 9.84. The summed E-state index contributed by atoms with van der Waals surface area (Å²) in [6.07, 6.45) is 7.38. The number of imide groups is 2. The number of anilines is 2. The molecule has 2 heterocycles. The molecule has 4 rings (SSSR count). The van der Waals surface area contributed by atoms with Crippen molar-refractivity contribution < 1.29 is 38.2 Å². The van der Waals surface area contributed by atoms with Gasteiger partial charge in [-0.1, -0.05) is 106 Å². The van der Waals surface area contributed by atoms with Crippen molar-refractivity contribution in [2.75, 3.05) is 34.5 Å². The standard InChI is InChI=1S/C47H60N2O8S6/c1-9-11-27-60-44(58)62-36-30(3)38(50)48(40(36)52)33-21-17-31(18-22-33)29-32-19-23-34(24-20-32)49-39(51)35(37(41(49)53)63-45(59)61-28-12-10-2)47(7,8)43(55)57-26-16-14-13-15-25-56-42(54)46(4,5)6/h17-24,30,36H,9-16,25-29H2,1-8H3. The summed E-state index contributed by atoms with van der Waals surface area (Å²) >= 11 is 16.5. The Bertz CT molecular complexity index is 2040. The molecule has 2 aliphatic rings. The van der Waals surface area contributed by atoms with Crippen molar-refractivity contribution in [2.45, 2.75) is 118 Å². The smallest absolute Gasteiger partial charge is 0.316 e. The van der Waals surface area contributed by atoms with Crippen LogP contribution in [0, 0.1) is 16.7 Å². The van der Waals surface area contributed by atoms with Crippen molar-refractivity contribution in [2.24, 2.45) is 16.7 Å². The van der Waals surface area contributed by atoms with Crippen LogP contribution in [0.3, 0.4) is 0 Å². The Labute approximate surface area is 400 Å². The van der Waals surface area contributed by atoms with E-state index in [1.807, 2.05) is 45.0 Å². The van der Waals surface area contributed by atoms with E-state index in [9.17, 15) is 28.8 Å². The molecule has 0 saturated carbocycles. The Morgan fingerprint density at radius 1 is 0.651 bits per heavy atom. The fourth-order valence-corrected chi connectivity index (χ4v) is 11.9. The van der Waals surface area contributed by atoms with Gasteiger partial charge in [-0.2, -0.15) is 0 Å². The van der Waals surface area contributed by atoms with Crippen LogP contribution < -0.4 is 9.80 Å². The number of unbranched alkanes of at least 4 members (excludes halogenated alkanes) is 5. The minimum absolute atomic E-state index is 0.0496. The normalized spacial score (nSPS) is 17.0. The topological polar surface area (TPSA) is 127 Å². The second kappa shape index (κ2) is 24.5. The van der Waals surface area contributed by atoms with E-state index in [1.165, 1.54) is 28.4 Å². The molecule has 16 heteroatoms. The van der Waals surface area contributed by atoms with Gasteiger partial charge in [-0.05, 0) is 126 Å². The first-order valence-electron chi connectivity index (χ1n) is 21.5. The van der Waals surface area contributed by atoms with Gasteiger partial charge in [0.15, 0.2) is 0 Å². The number of carbonyl (C=O) groups is 6. The van der Waals surface area contributed by atoms with Crippen LogP contribution in [0.5, 0.6) is 0 Å². The van der Waals surface area contributed by atoms with Gasteiger partial charge < -0.3 is 9.47 Å². The van der Waals surface area contributed by atoms with Gasteiger partial charge in [0, 0.05) is 0 Å². The number of thiocarbonyl (C=S) groups is 2. The minimum atomic E-state index is -1.46. The molecule has 0 radical (unpaired) electrons. The quantitative estimate of drug-likeness (QED) is 0.0509. The van der Waals surface area contributed by atoms with E-state index >= 15 is 0 Å². The molecule has 2 unspecified atom stereocenters. The van der Waals surface area contributed by atoms with Gasteiger partial charge in [-0.15, -0.1) is 23.5 Å². The molecule has 342 valence electrons. The average molecular weight is 973 g/mol. The molecule has 1 saturated heterocycles. The van der Waals surface area contributed by atoms with E-state index in [0.29, 0.717) is 44.3 Å². The lowest BCUT2D eigenvalue weighted by molar-refractivity contribution is -0.153. The summed E-state index contributed by atoms with van der Waals surface area (Å²) in [5.74, 6) is -1.34. The summed E-state index contributed by atoms with van der Waals surface area (Å²) in [6.45, 7) is 15.1. The SMILES string of the molecule is CCCCSC(=S)SC1=C(C(C)(C)C(=O)OCCCCCCOC(=O)C(C)(C)C)C(=O)N(c2ccc(Cc3ccc(N4C(=O)C(C)C(SC(=S)SCCCC)C4=O)cc3)cc2)C1=O. The third-order valence-corrected chi connectivity index (χ3v) is 16.2. The van der Waals surface area contributed by atoms with Crippen LogP contribution >= 0.6 is 71.5 Å². The van der Waals surface area contributed by atoms with E-state index in [4.69, 9.17) is 33.9 Å². The molecular formula is C47H60N2O8S6. The first kappa shape index (κ1) is 52.6. The Balaban J connectivity index is 1.42. The van der Waals surface area contributed by atoms with Gasteiger partial charge in [0.25, 0.3) is 11.8 Å². The third-order valence-electron chi connectivity index (χ3n) is 10.5. The van der Waals surface area contributed by atoms with Gasteiger partial charge in [0.2, 0.25) is 11.8 Å². The number of rotatable bonds is 21. The fraction of sp³-hybridized carbons (Fsp3) is 0.532. The summed E-state index contributed by atoms with van der Waals surface area (Å²) in [5, 5.41) is -0.556. The van der Waals surface area contributed by atoms with Crippen LogP contribution in [0.15, 0.2) is 59.0 Å². The molecular weight excluding hydrogens is 913 g/mol. The number of amides is 4. The van der Waals surface area contributed by atoms with Crippen LogP contribution in [0.4, 0.5) is 11.4 Å².